The van der Waals surface area contributed by atoms with E-state index < -0.39 is 5.97 Å². The van der Waals surface area contributed by atoms with Crippen molar-refractivity contribution in [3.63, 3.8) is 0 Å². The summed E-state index contributed by atoms with van der Waals surface area (Å²) in [5, 5.41) is 15.1. The first-order chi connectivity index (χ1) is 9.19. The highest BCUT2D eigenvalue weighted by atomic mass is 32.1. The van der Waals surface area contributed by atoms with Crippen LogP contribution in [0.2, 0.25) is 0 Å². The predicted molar refractivity (Wildman–Crippen MR) is 77.1 cm³/mol. The van der Waals surface area contributed by atoms with Gasteiger partial charge in [-0.05, 0) is 30.5 Å². The second-order valence-electron chi connectivity index (χ2n) is 4.18. The molecule has 2 aromatic rings. The minimum atomic E-state index is -0.887. The molecule has 19 heavy (non-hydrogen) atoms. The fourth-order valence-electron chi connectivity index (χ4n) is 1.72. The van der Waals surface area contributed by atoms with Gasteiger partial charge in [-0.3, -0.25) is 0 Å². The Morgan fingerprint density at radius 3 is 3.00 bits per heavy atom. The smallest absolute Gasteiger partial charge is 0.335 e. The Morgan fingerprint density at radius 2 is 2.32 bits per heavy atom. The van der Waals surface area contributed by atoms with Gasteiger partial charge in [0.2, 0.25) is 0 Å². The first-order valence-electron chi connectivity index (χ1n) is 6.19. The van der Waals surface area contributed by atoms with E-state index in [1.165, 1.54) is 0 Å². The van der Waals surface area contributed by atoms with Crippen LogP contribution in [0.4, 0.5) is 5.13 Å². The van der Waals surface area contributed by atoms with Crippen molar-refractivity contribution in [1.29, 1.82) is 0 Å². The minimum absolute atomic E-state index is 0.333. The van der Waals surface area contributed by atoms with Gasteiger partial charge in [0.1, 0.15) is 0 Å². The molecule has 0 aliphatic carbocycles. The van der Waals surface area contributed by atoms with Crippen LogP contribution < -0.4 is 5.32 Å². The van der Waals surface area contributed by atoms with Crippen molar-refractivity contribution in [2.75, 3.05) is 11.9 Å². The molecule has 0 atom stereocenters. The van der Waals surface area contributed by atoms with Crippen LogP contribution in [0, 0.1) is 0 Å². The summed E-state index contributed by atoms with van der Waals surface area (Å²) in [5.74, 6) is -0.887. The van der Waals surface area contributed by atoms with Gasteiger partial charge in [0.15, 0.2) is 5.13 Å². The molecule has 5 heteroatoms. The van der Waals surface area contributed by atoms with Crippen molar-refractivity contribution < 1.29 is 9.90 Å². The molecule has 0 aliphatic heterocycles. The summed E-state index contributed by atoms with van der Waals surface area (Å²) < 4.78 is 0. The lowest BCUT2D eigenvalue weighted by Gasteiger charge is -2.04. The van der Waals surface area contributed by atoms with Crippen molar-refractivity contribution in [3.05, 3.63) is 46.5 Å². The number of carbonyl (C=O) groups is 1. The van der Waals surface area contributed by atoms with E-state index in [0.717, 1.165) is 35.8 Å². The number of aromatic nitrogens is 1. The molecule has 0 aliphatic rings. The highest BCUT2D eigenvalue weighted by Gasteiger charge is 2.03. The molecule has 0 spiro atoms. The van der Waals surface area contributed by atoms with Gasteiger partial charge >= 0.3 is 5.97 Å². The number of hydrogen-bond acceptors (Lipinski definition) is 4. The Balaban J connectivity index is 1.88. The standard InChI is InChI=1S/C14H16N2O2S/c1-2-12-9-19-14(16-12)15-7-6-10-4-3-5-11(8-10)13(17)18/h3-5,8-9H,2,6-7H2,1H3,(H,15,16)(H,17,18). The number of aryl methyl sites for hydroxylation is 1. The number of carboxylic acids is 1. The average molecular weight is 276 g/mol. The lowest BCUT2D eigenvalue weighted by Crippen LogP contribution is -2.05. The van der Waals surface area contributed by atoms with Crippen LogP contribution >= 0.6 is 11.3 Å². The molecular weight excluding hydrogens is 260 g/mol. The Kier molecular flexibility index (Phi) is 4.52. The van der Waals surface area contributed by atoms with Crippen molar-refractivity contribution in [1.82, 2.24) is 4.98 Å². The van der Waals surface area contributed by atoms with Crippen LogP contribution in [0.5, 0.6) is 0 Å². The SMILES string of the molecule is CCc1csc(NCCc2cccc(C(=O)O)c2)n1. The molecule has 0 saturated carbocycles. The van der Waals surface area contributed by atoms with E-state index >= 15 is 0 Å². The normalized spacial score (nSPS) is 10.4. The third-order valence-electron chi connectivity index (χ3n) is 2.78. The Morgan fingerprint density at radius 1 is 1.47 bits per heavy atom. The molecule has 1 aromatic carbocycles. The van der Waals surface area contributed by atoms with Gasteiger partial charge in [-0.15, -0.1) is 11.3 Å². The fourth-order valence-corrected chi connectivity index (χ4v) is 2.55. The van der Waals surface area contributed by atoms with E-state index in [-0.39, 0.29) is 0 Å². The molecule has 0 unspecified atom stereocenters. The van der Waals surface area contributed by atoms with Gasteiger partial charge in [-0.1, -0.05) is 19.1 Å². The number of nitrogens with one attached hydrogen (secondary N) is 1. The summed E-state index contributed by atoms with van der Waals surface area (Å²) in [6.07, 6.45) is 1.72. The molecule has 1 aromatic heterocycles. The first kappa shape index (κ1) is 13.5. The van der Waals surface area contributed by atoms with Crippen LogP contribution in [0.25, 0.3) is 0 Å². The summed E-state index contributed by atoms with van der Waals surface area (Å²) in [6, 6.07) is 7.03. The molecule has 0 fully saturated rings. The Labute approximate surface area is 116 Å². The second-order valence-corrected chi connectivity index (χ2v) is 5.04. The fraction of sp³-hybridized carbons (Fsp3) is 0.286. The second kappa shape index (κ2) is 6.33. The molecule has 4 nitrogen and oxygen atoms in total. The van der Waals surface area contributed by atoms with E-state index in [0.29, 0.717) is 5.56 Å². The van der Waals surface area contributed by atoms with Crippen LogP contribution in [-0.2, 0) is 12.8 Å². The number of aromatic carboxylic acids is 1. The summed E-state index contributed by atoms with van der Waals surface area (Å²) in [5.41, 5.74) is 2.44. The summed E-state index contributed by atoms with van der Waals surface area (Å²) in [7, 11) is 0. The summed E-state index contributed by atoms with van der Waals surface area (Å²) >= 11 is 1.60. The Hall–Kier alpha value is -1.88. The van der Waals surface area contributed by atoms with Crippen LogP contribution in [0.15, 0.2) is 29.6 Å². The molecule has 0 amide bonds. The lowest BCUT2D eigenvalue weighted by atomic mass is 10.1. The van der Waals surface area contributed by atoms with E-state index in [9.17, 15) is 4.79 Å². The largest absolute Gasteiger partial charge is 0.478 e. The highest BCUT2D eigenvalue weighted by molar-refractivity contribution is 7.13. The van der Waals surface area contributed by atoms with Gasteiger partial charge in [-0.2, -0.15) is 0 Å². The summed E-state index contributed by atoms with van der Waals surface area (Å²) in [4.78, 5) is 15.3. The van der Waals surface area contributed by atoms with E-state index in [2.05, 4.69) is 17.2 Å². The zero-order valence-corrected chi connectivity index (χ0v) is 11.5. The molecule has 0 bridgehead atoms. The van der Waals surface area contributed by atoms with Gasteiger partial charge in [0.25, 0.3) is 0 Å². The van der Waals surface area contributed by atoms with Crippen molar-refractivity contribution in [3.8, 4) is 0 Å². The molecule has 100 valence electrons. The first-order valence-corrected chi connectivity index (χ1v) is 7.07. The number of nitrogens with zero attached hydrogens (tertiary/aromatic N) is 1. The topological polar surface area (TPSA) is 62.2 Å². The summed E-state index contributed by atoms with van der Waals surface area (Å²) in [6.45, 7) is 2.83. The minimum Gasteiger partial charge on any atom is -0.478 e. The van der Waals surface area contributed by atoms with E-state index in [1.54, 1.807) is 29.5 Å². The van der Waals surface area contributed by atoms with Crippen molar-refractivity contribution in [2.24, 2.45) is 0 Å². The zero-order chi connectivity index (χ0) is 13.7. The molecule has 1 heterocycles. The molecule has 2 N–H and O–H groups in total. The van der Waals surface area contributed by atoms with Gasteiger partial charge in [0.05, 0.1) is 11.3 Å². The van der Waals surface area contributed by atoms with Crippen molar-refractivity contribution >= 4 is 22.4 Å². The zero-order valence-electron chi connectivity index (χ0n) is 10.7. The van der Waals surface area contributed by atoms with Gasteiger partial charge in [-0.25, -0.2) is 9.78 Å². The quantitative estimate of drug-likeness (QED) is 0.851. The maximum absolute atomic E-state index is 10.9. The maximum atomic E-state index is 10.9. The van der Waals surface area contributed by atoms with Crippen LogP contribution in [0.1, 0.15) is 28.5 Å². The number of carboxylic acid groups (broad SMARTS) is 1. The molecule has 0 saturated heterocycles. The van der Waals surface area contributed by atoms with Gasteiger partial charge in [0, 0.05) is 11.9 Å². The van der Waals surface area contributed by atoms with Crippen LogP contribution in [0.3, 0.4) is 0 Å². The predicted octanol–water partition coefficient (Wildman–Crippen LogP) is 3.06. The van der Waals surface area contributed by atoms with E-state index in [1.807, 2.05) is 11.4 Å². The average Bonchev–Trinajstić information content (AvgIpc) is 2.87. The molecule has 2 rings (SSSR count). The molecule has 0 radical (unpaired) electrons. The number of benzene rings is 1. The third-order valence-corrected chi connectivity index (χ3v) is 3.63. The maximum Gasteiger partial charge on any atom is 0.335 e. The third kappa shape index (κ3) is 3.79. The van der Waals surface area contributed by atoms with Crippen molar-refractivity contribution in [2.45, 2.75) is 19.8 Å². The van der Waals surface area contributed by atoms with Crippen LogP contribution in [-0.4, -0.2) is 22.6 Å². The number of rotatable bonds is 6. The van der Waals surface area contributed by atoms with E-state index in [4.69, 9.17) is 5.11 Å². The number of hydrogen-bond donors (Lipinski definition) is 2. The number of thiazole rings is 1. The lowest BCUT2D eigenvalue weighted by molar-refractivity contribution is 0.0697. The number of anilines is 1. The Bertz CT molecular complexity index is 566. The highest BCUT2D eigenvalue weighted by Crippen LogP contribution is 2.15. The monoisotopic (exact) mass is 276 g/mol. The van der Waals surface area contributed by atoms with Gasteiger partial charge < -0.3 is 10.4 Å². The molecular formula is C14H16N2O2S.